The van der Waals surface area contributed by atoms with Crippen LogP contribution in [0.2, 0.25) is 0 Å². The molecule has 0 unspecified atom stereocenters. The summed E-state index contributed by atoms with van der Waals surface area (Å²) in [4.78, 5) is 32.2. The second-order valence-electron chi connectivity index (χ2n) is 9.15. The van der Waals surface area contributed by atoms with E-state index >= 15 is 0 Å². The number of aromatic nitrogens is 1. The van der Waals surface area contributed by atoms with E-state index in [4.69, 9.17) is 4.74 Å². The zero-order valence-corrected chi connectivity index (χ0v) is 19.2. The van der Waals surface area contributed by atoms with Gasteiger partial charge in [-0.2, -0.15) is 13.2 Å². The van der Waals surface area contributed by atoms with Gasteiger partial charge in [0.15, 0.2) is 0 Å². The van der Waals surface area contributed by atoms with Crippen LogP contribution < -0.4 is 10.2 Å². The summed E-state index contributed by atoms with van der Waals surface area (Å²) in [5, 5.41) is 2.53. The van der Waals surface area contributed by atoms with E-state index in [0.717, 1.165) is 11.6 Å². The van der Waals surface area contributed by atoms with E-state index in [1.165, 1.54) is 11.0 Å². The van der Waals surface area contributed by atoms with Gasteiger partial charge in [0.05, 0.1) is 11.4 Å². The number of pyridine rings is 1. The van der Waals surface area contributed by atoms with E-state index in [-0.39, 0.29) is 23.5 Å². The Morgan fingerprint density at radius 1 is 1.15 bits per heavy atom. The average molecular weight is 464 g/mol. The summed E-state index contributed by atoms with van der Waals surface area (Å²) in [6.07, 6.45) is -4.55. The second-order valence-corrected chi connectivity index (χ2v) is 9.15. The zero-order chi connectivity index (χ0) is 24.6. The molecule has 1 aromatic heterocycles. The first-order chi connectivity index (χ1) is 15.2. The predicted octanol–water partition coefficient (Wildman–Crippen LogP) is 4.71. The topological polar surface area (TPSA) is 74.8 Å². The van der Waals surface area contributed by atoms with Crippen LogP contribution >= 0.6 is 0 Å². The highest BCUT2D eigenvalue weighted by Crippen LogP contribution is 2.32. The number of halogens is 3. The van der Waals surface area contributed by atoms with E-state index in [0.29, 0.717) is 18.7 Å². The summed E-state index contributed by atoms with van der Waals surface area (Å²) in [6.45, 7) is 5.89. The van der Waals surface area contributed by atoms with Gasteiger partial charge in [0, 0.05) is 24.3 Å². The van der Waals surface area contributed by atoms with Crippen LogP contribution in [0, 0.1) is 0 Å². The molecule has 0 saturated heterocycles. The number of hydrogen-bond donors (Lipinski definition) is 1. The zero-order valence-electron chi connectivity index (χ0n) is 19.2. The summed E-state index contributed by atoms with van der Waals surface area (Å²) in [6, 6.07) is 7.08. The number of amides is 2. The fourth-order valence-corrected chi connectivity index (χ4v) is 3.44. The van der Waals surface area contributed by atoms with Gasteiger partial charge < -0.3 is 15.0 Å². The number of fused-ring (bicyclic) bond motifs is 1. The molecule has 0 radical (unpaired) electrons. The van der Waals surface area contributed by atoms with Crippen LogP contribution in [-0.4, -0.2) is 48.1 Å². The molecule has 2 heterocycles. The van der Waals surface area contributed by atoms with Gasteiger partial charge in [0.2, 0.25) is 0 Å². The van der Waals surface area contributed by atoms with Crippen molar-refractivity contribution in [1.82, 2.24) is 9.88 Å². The quantitative estimate of drug-likeness (QED) is 0.709. The Morgan fingerprint density at radius 2 is 1.85 bits per heavy atom. The molecule has 0 aliphatic carbocycles. The highest BCUT2D eigenvalue weighted by atomic mass is 19.4. The minimum atomic E-state index is -4.65. The van der Waals surface area contributed by atoms with Gasteiger partial charge in [-0.3, -0.25) is 9.69 Å². The van der Waals surface area contributed by atoms with Crippen molar-refractivity contribution in [2.75, 3.05) is 30.9 Å². The van der Waals surface area contributed by atoms with E-state index < -0.39 is 29.5 Å². The van der Waals surface area contributed by atoms with Crippen molar-refractivity contribution >= 4 is 23.4 Å². The molecule has 1 aliphatic rings. The van der Waals surface area contributed by atoms with E-state index in [1.54, 1.807) is 58.0 Å². The Morgan fingerprint density at radius 3 is 2.45 bits per heavy atom. The largest absolute Gasteiger partial charge is 0.443 e. The fourth-order valence-electron chi connectivity index (χ4n) is 3.44. The monoisotopic (exact) mass is 464 g/mol. The summed E-state index contributed by atoms with van der Waals surface area (Å²) >= 11 is 0. The van der Waals surface area contributed by atoms with Crippen molar-refractivity contribution in [3.05, 3.63) is 52.8 Å². The van der Waals surface area contributed by atoms with Crippen LogP contribution in [0.1, 0.15) is 48.1 Å². The Bertz CT molecular complexity index is 1060. The molecule has 0 bridgehead atoms. The first-order valence-electron chi connectivity index (χ1n) is 10.4. The summed E-state index contributed by atoms with van der Waals surface area (Å²) in [5.74, 6) is -0.594. The third-order valence-electron chi connectivity index (χ3n) is 4.76. The lowest BCUT2D eigenvalue weighted by Crippen LogP contribution is -2.35. The summed E-state index contributed by atoms with van der Waals surface area (Å²) < 4.78 is 45.3. The first kappa shape index (κ1) is 24.5. The van der Waals surface area contributed by atoms with Crippen molar-refractivity contribution < 1.29 is 27.5 Å². The molecule has 7 nitrogen and oxygen atoms in total. The molecule has 2 aromatic rings. The third kappa shape index (κ3) is 6.22. The Hall–Kier alpha value is -3.14. The summed E-state index contributed by atoms with van der Waals surface area (Å²) in [7, 11) is 3.42. The van der Waals surface area contributed by atoms with Crippen molar-refractivity contribution in [2.24, 2.45) is 0 Å². The van der Waals surface area contributed by atoms with Crippen molar-refractivity contribution in [2.45, 2.75) is 45.5 Å². The van der Waals surface area contributed by atoms with Gasteiger partial charge in [-0.25, -0.2) is 9.78 Å². The van der Waals surface area contributed by atoms with E-state index in [2.05, 4.69) is 10.3 Å². The van der Waals surface area contributed by atoms with Crippen LogP contribution in [-0.2, 0) is 23.9 Å². The van der Waals surface area contributed by atoms with Gasteiger partial charge in [-0.15, -0.1) is 0 Å². The molecular formula is C23H27F3N4O3. The molecule has 0 atom stereocenters. The lowest BCUT2D eigenvalue weighted by atomic mass is 10.1. The van der Waals surface area contributed by atoms with Crippen LogP contribution in [0.15, 0.2) is 30.3 Å². The van der Waals surface area contributed by atoms with Crippen LogP contribution in [0.25, 0.3) is 0 Å². The van der Waals surface area contributed by atoms with E-state index in [9.17, 15) is 22.8 Å². The lowest BCUT2D eigenvalue weighted by Gasteiger charge is -2.25. The highest BCUT2D eigenvalue weighted by Gasteiger charge is 2.34. The van der Waals surface area contributed by atoms with Crippen LogP contribution in [0.5, 0.6) is 0 Å². The maximum absolute atomic E-state index is 13.3. The molecule has 0 spiro atoms. The third-order valence-corrected chi connectivity index (χ3v) is 4.76. The van der Waals surface area contributed by atoms with Crippen LogP contribution in [0.4, 0.5) is 29.3 Å². The second kappa shape index (κ2) is 9.01. The van der Waals surface area contributed by atoms with Gasteiger partial charge >= 0.3 is 12.3 Å². The molecule has 1 aliphatic heterocycles. The number of carbonyl (C=O) groups is 2. The average Bonchev–Trinajstić information content (AvgIpc) is 3.08. The Labute approximate surface area is 190 Å². The number of nitrogens with one attached hydrogen (secondary N) is 1. The molecule has 1 aromatic carbocycles. The number of ether oxygens (including phenoxy) is 1. The molecule has 10 heteroatoms. The molecule has 0 saturated carbocycles. The predicted molar refractivity (Wildman–Crippen MR) is 118 cm³/mol. The molecule has 2 amide bonds. The minimum Gasteiger partial charge on any atom is -0.443 e. The number of alkyl halides is 3. The number of anilines is 2. The molecule has 1 N–H and O–H groups in total. The number of benzene rings is 1. The highest BCUT2D eigenvalue weighted by molar-refractivity contribution is 6.05. The minimum absolute atomic E-state index is 0.0105. The SMILES string of the molecule is CN(C)Cc1cc(NC(=O)c2ccc3c(c2)N(C(=O)OC(C)(C)C)CC3)cc(C(F)(F)F)n1. The van der Waals surface area contributed by atoms with Crippen molar-refractivity contribution in [3.8, 4) is 0 Å². The van der Waals surface area contributed by atoms with E-state index in [1.807, 2.05) is 0 Å². The standard InChI is InChI=1S/C23H27F3N4O3/c1-22(2,3)33-21(32)30-9-8-14-6-7-15(10-18(14)30)20(31)28-16-11-17(13-29(4)5)27-19(12-16)23(24,25)26/h6-7,10-12H,8-9,13H2,1-5H3,(H,27,28,31). The van der Waals surface area contributed by atoms with Gasteiger partial charge in [0.1, 0.15) is 11.3 Å². The van der Waals surface area contributed by atoms with Gasteiger partial charge in [-0.05, 0) is 71.1 Å². The normalized spacial score (nSPS) is 13.8. The maximum Gasteiger partial charge on any atom is 0.433 e. The fraction of sp³-hybridized carbons (Fsp3) is 0.435. The Balaban J connectivity index is 1.86. The number of rotatable bonds is 4. The van der Waals surface area contributed by atoms with Gasteiger partial charge in [-0.1, -0.05) is 6.07 Å². The number of nitrogens with zero attached hydrogens (tertiary/aromatic N) is 3. The lowest BCUT2D eigenvalue weighted by molar-refractivity contribution is -0.141. The maximum atomic E-state index is 13.3. The number of carbonyl (C=O) groups excluding carboxylic acids is 2. The Kier molecular flexibility index (Phi) is 6.69. The van der Waals surface area contributed by atoms with Crippen LogP contribution in [0.3, 0.4) is 0 Å². The first-order valence-corrected chi connectivity index (χ1v) is 10.4. The van der Waals surface area contributed by atoms with Crippen molar-refractivity contribution in [3.63, 3.8) is 0 Å². The smallest absolute Gasteiger partial charge is 0.433 e. The molecule has 178 valence electrons. The van der Waals surface area contributed by atoms with Gasteiger partial charge in [0.25, 0.3) is 5.91 Å². The van der Waals surface area contributed by atoms with Crippen molar-refractivity contribution in [1.29, 1.82) is 0 Å². The molecule has 0 fully saturated rings. The number of hydrogen-bond acceptors (Lipinski definition) is 5. The molecule has 33 heavy (non-hydrogen) atoms. The molecule has 3 rings (SSSR count). The summed E-state index contributed by atoms with van der Waals surface area (Å²) in [5.41, 5.74) is 0.0611. The molecular weight excluding hydrogens is 437 g/mol.